The Labute approximate surface area is 216 Å². The number of fused-ring (bicyclic) bond motifs is 1. The normalized spacial score (nSPS) is 16.2. The molecule has 11 heteroatoms. The van der Waals surface area contributed by atoms with Crippen molar-refractivity contribution in [3.05, 3.63) is 83.7 Å². The molecule has 8 nitrogen and oxygen atoms in total. The molecule has 1 atom stereocenters. The molecule has 0 unspecified atom stereocenters. The first-order valence-corrected chi connectivity index (χ1v) is 11.9. The van der Waals surface area contributed by atoms with Crippen LogP contribution in [0.2, 0.25) is 0 Å². The van der Waals surface area contributed by atoms with Gasteiger partial charge in [0.1, 0.15) is 17.4 Å². The number of piperazine rings is 1. The molecule has 0 N–H and O–H groups in total. The van der Waals surface area contributed by atoms with E-state index in [1.165, 1.54) is 12.0 Å². The van der Waals surface area contributed by atoms with Crippen LogP contribution < -0.4 is 4.74 Å². The summed E-state index contributed by atoms with van der Waals surface area (Å²) < 4.78 is 47.7. The molecule has 2 aromatic carbocycles. The van der Waals surface area contributed by atoms with Crippen LogP contribution in [0.15, 0.2) is 66.9 Å². The fourth-order valence-corrected chi connectivity index (χ4v) is 4.55. The van der Waals surface area contributed by atoms with Gasteiger partial charge in [-0.1, -0.05) is 30.3 Å². The number of aromatic nitrogens is 3. The Balaban J connectivity index is 1.48. The van der Waals surface area contributed by atoms with E-state index in [1.54, 1.807) is 36.1 Å². The monoisotopic (exact) mass is 523 g/mol. The summed E-state index contributed by atoms with van der Waals surface area (Å²) >= 11 is 0. The minimum Gasteiger partial charge on any atom is -0.497 e. The van der Waals surface area contributed by atoms with Crippen LogP contribution in [0.4, 0.5) is 13.2 Å². The molecule has 5 rings (SSSR count). The molecule has 0 aliphatic carbocycles. The van der Waals surface area contributed by atoms with Crippen LogP contribution in [-0.4, -0.2) is 62.5 Å². The van der Waals surface area contributed by atoms with Gasteiger partial charge in [0.15, 0.2) is 11.3 Å². The molecule has 1 saturated heterocycles. The molecule has 0 spiro atoms. The largest absolute Gasteiger partial charge is 0.497 e. The van der Waals surface area contributed by atoms with Crippen LogP contribution in [0.5, 0.6) is 5.75 Å². The number of hydrogen-bond acceptors (Lipinski definition) is 5. The average molecular weight is 524 g/mol. The van der Waals surface area contributed by atoms with E-state index >= 15 is 0 Å². The van der Waals surface area contributed by atoms with E-state index < -0.39 is 23.8 Å². The lowest BCUT2D eigenvalue weighted by Crippen LogP contribution is -2.57. The maximum atomic E-state index is 14.0. The van der Waals surface area contributed by atoms with Crippen molar-refractivity contribution in [2.24, 2.45) is 0 Å². The third-order valence-electron chi connectivity index (χ3n) is 6.60. The maximum absolute atomic E-state index is 14.0. The third kappa shape index (κ3) is 4.67. The van der Waals surface area contributed by atoms with Gasteiger partial charge >= 0.3 is 6.18 Å². The molecule has 0 bridgehead atoms. The average Bonchev–Trinajstić information content (AvgIpc) is 3.34. The number of benzene rings is 2. The number of rotatable bonds is 5. The number of carbonyl (C=O) groups is 2. The molecule has 38 heavy (non-hydrogen) atoms. The molecule has 1 fully saturated rings. The highest BCUT2D eigenvalue weighted by molar-refractivity contribution is 6.02. The lowest BCUT2D eigenvalue weighted by atomic mass is 10.1. The van der Waals surface area contributed by atoms with E-state index in [0.717, 1.165) is 17.8 Å². The van der Waals surface area contributed by atoms with E-state index in [9.17, 15) is 22.8 Å². The van der Waals surface area contributed by atoms with Crippen molar-refractivity contribution in [3.8, 4) is 17.0 Å². The second kappa shape index (κ2) is 9.81. The lowest BCUT2D eigenvalue weighted by Gasteiger charge is -2.39. The lowest BCUT2D eigenvalue weighted by molar-refractivity contribution is -0.142. The van der Waals surface area contributed by atoms with Gasteiger partial charge in [0.2, 0.25) is 5.91 Å². The molecule has 196 valence electrons. The first-order valence-electron chi connectivity index (χ1n) is 11.9. The molecule has 1 aliphatic heterocycles. The zero-order valence-electron chi connectivity index (χ0n) is 20.6. The van der Waals surface area contributed by atoms with Crippen molar-refractivity contribution in [2.75, 3.05) is 20.2 Å². The van der Waals surface area contributed by atoms with Crippen LogP contribution in [0.3, 0.4) is 0 Å². The fraction of sp³-hybridized carbons (Fsp3) is 0.259. The molecule has 2 aromatic heterocycles. The van der Waals surface area contributed by atoms with E-state index in [0.29, 0.717) is 28.9 Å². The first kappa shape index (κ1) is 25.2. The predicted octanol–water partition coefficient (Wildman–Crippen LogP) is 4.30. The number of methoxy groups -OCH3 is 1. The van der Waals surface area contributed by atoms with Crippen LogP contribution in [0.25, 0.3) is 16.9 Å². The Hall–Kier alpha value is -4.41. The van der Waals surface area contributed by atoms with Crippen molar-refractivity contribution in [1.29, 1.82) is 0 Å². The summed E-state index contributed by atoms with van der Waals surface area (Å²) in [5.74, 6) is -0.309. The van der Waals surface area contributed by atoms with Gasteiger partial charge in [-0.05, 0) is 42.8 Å². The first-order chi connectivity index (χ1) is 18.2. The number of ether oxygens (including phenoxy) is 1. The van der Waals surface area contributed by atoms with Crippen LogP contribution in [-0.2, 0) is 17.5 Å². The Morgan fingerprint density at radius 1 is 1.08 bits per heavy atom. The zero-order chi connectivity index (χ0) is 27.0. The number of carbonyl (C=O) groups excluding carboxylic acids is 2. The van der Waals surface area contributed by atoms with Gasteiger partial charge in [0.25, 0.3) is 5.91 Å². The fourth-order valence-electron chi connectivity index (χ4n) is 4.55. The van der Waals surface area contributed by atoms with Gasteiger partial charge in [0.05, 0.1) is 19.0 Å². The smallest absolute Gasteiger partial charge is 0.433 e. The highest BCUT2D eigenvalue weighted by atomic mass is 19.4. The summed E-state index contributed by atoms with van der Waals surface area (Å²) in [6.45, 7) is 2.53. The maximum Gasteiger partial charge on any atom is 0.433 e. The number of hydrogen-bond donors (Lipinski definition) is 0. The molecular formula is C27H24F3N5O3. The van der Waals surface area contributed by atoms with Crippen molar-refractivity contribution in [2.45, 2.75) is 25.7 Å². The van der Waals surface area contributed by atoms with Gasteiger partial charge in [-0.3, -0.25) is 9.59 Å². The predicted molar refractivity (Wildman–Crippen MR) is 132 cm³/mol. The topological polar surface area (TPSA) is 80.0 Å². The van der Waals surface area contributed by atoms with Gasteiger partial charge in [-0.25, -0.2) is 9.50 Å². The van der Waals surface area contributed by atoms with Gasteiger partial charge in [0, 0.05) is 25.2 Å². The summed E-state index contributed by atoms with van der Waals surface area (Å²) in [5, 5.41) is 3.85. The van der Waals surface area contributed by atoms with E-state index in [2.05, 4.69) is 10.1 Å². The van der Waals surface area contributed by atoms with Crippen LogP contribution >= 0.6 is 0 Å². The van der Waals surface area contributed by atoms with Gasteiger partial charge in [-0.15, -0.1) is 0 Å². The Morgan fingerprint density at radius 2 is 1.79 bits per heavy atom. The van der Waals surface area contributed by atoms with Crippen LogP contribution in [0, 0.1) is 0 Å². The second-order valence-electron chi connectivity index (χ2n) is 8.97. The molecule has 2 amide bonds. The molecule has 0 radical (unpaired) electrons. The zero-order valence-corrected chi connectivity index (χ0v) is 20.6. The molecule has 4 aromatic rings. The van der Waals surface area contributed by atoms with Crippen molar-refractivity contribution < 1.29 is 27.5 Å². The number of halogens is 3. The van der Waals surface area contributed by atoms with Gasteiger partial charge in [-0.2, -0.15) is 18.3 Å². The van der Waals surface area contributed by atoms with Crippen molar-refractivity contribution in [3.63, 3.8) is 0 Å². The summed E-state index contributed by atoms with van der Waals surface area (Å²) in [7, 11) is 1.48. The standard InChI is InChI=1S/C27H24F3N5O3/c1-17-25(36)33(16-18-6-4-3-5-7-18)12-13-34(17)26(37)21-15-31-35-23(27(28,29)30)14-22(32-24(21)35)19-8-10-20(38-2)11-9-19/h3-11,14-15,17H,12-13,16H2,1-2H3/t17-/m1/s1. The Kier molecular flexibility index (Phi) is 6.52. The minimum atomic E-state index is -4.75. The van der Waals surface area contributed by atoms with E-state index in [-0.39, 0.29) is 29.4 Å². The van der Waals surface area contributed by atoms with E-state index in [1.807, 2.05) is 30.3 Å². The summed E-state index contributed by atoms with van der Waals surface area (Å²) in [6, 6.07) is 16.0. The minimum absolute atomic E-state index is 0.0267. The SMILES string of the molecule is COc1ccc(-c2cc(C(F)(F)F)n3ncc(C(=O)N4CCN(Cc5ccccc5)C(=O)[C@H]4C)c3n2)cc1. The van der Waals surface area contributed by atoms with Gasteiger partial charge < -0.3 is 14.5 Å². The van der Waals surface area contributed by atoms with Crippen LogP contribution in [0.1, 0.15) is 28.5 Å². The van der Waals surface area contributed by atoms with Crippen molar-refractivity contribution in [1.82, 2.24) is 24.4 Å². The second-order valence-corrected chi connectivity index (χ2v) is 8.97. The third-order valence-corrected chi connectivity index (χ3v) is 6.60. The quantitative estimate of drug-likeness (QED) is 0.390. The molecule has 1 aliphatic rings. The molecular weight excluding hydrogens is 499 g/mol. The summed E-state index contributed by atoms with van der Waals surface area (Å²) in [6.07, 6.45) is -3.67. The number of nitrogens with zero attached hydrogens (tertiary/aromatic N) is 5. The highest BCUT2D eigenvalue weighted by Crippen LogP contribution is 2.33. The Bertz CT molecular complexity index is 1490. The Morgan fingerprint density at radius 3 is 2.45 bits per heavy atom. The summed E-state index contributed by atoms with van der Waals surface area (Å²) in [5.41, 5.74) is -0.00565. The molecule has 0 saturated carbocycles. The highest BCUT2D eigenvalue weighted by Gasteiger charge is 2.38. The number of amides is 2. The number of alkyl halides is 3. The van der Waals surface area contributed by atoms with E-state index in [4.69, 9.17) is 4.74 Å². The summed E-state index contributed by atoms with van der Waals surface area (Å²) in [4.78, 5) is 34.1. The van der Waals surface area contributed by atoms with Crippen molar-refractivity contribution >= 4 is 17.5 Å². The molecule has 3 heterocycles.